The van der Waals surface area contributed by atoms with Gasteiger partial charge in [-0.1, -0.05) is 13.8 Å². The molecule has 1 heterocycles. The molecule has 1 rings (SSSR count). The lowest BCUT2D eigenvalue weighted by molar-refractivity contribution is 0.291. The molecule has 0 fully saturated rings. The fourth-order valence-corrected chi connectivity index (χ4v) is 1.81. The summed E-state index contributed by atoms with van der Waals surface area (Å²) in [5.74, 6) is 0.993. The first kappa shape index (κ1) is 13.0. The first-order valence-electron chi connectivity index (χ1n) is 6.21. The highest BCUT2D eigenvalue weighted by Gasteiger charge is 2.05. The van der Waals surface area contributed by atoms with Crippen molar-refractivity contribution in [2.75, 3.05) is 31.5 Å². The minimum absolute atomic E-state index is 0.918. The molecular formula is C12H24N4. The monoisotopic (exact) mass is 224 g/mol. The summed E-state index contributed by atoms with van der Waals surface area (Å²) in [6.45, 7) is 13.8. The van der Waals surface area contributed by atoms with Crippen LogP contribution in [0.2, 0.25) is 0 Å². The van der Waals surface area contributed by atoms with E-state index in [1.165, 1.54) is 0 Å². The van der Waals surface area contributed by atoms with Gasteiger partial charge in [0.25, 0.3) is 0 Å². The lowest BCUT2D eigenvalue weighted by Gasteiger charge is -2.18. The zero-order valence-corrected chi connectivity index (χ0v) is 11.0. The maximum atomic E-state index is 4.46. The Kier molecular flexibility index (Phi) is 5.32. The van der Waals surface area contributed by atoms with Crippen LogP contribution in [0.4, 0.5) is 5.95 Å². The normalized spacial score (nSPS) is 11.1. The minimum atomic E-state index is 0.918. The third kappa shape index (κ3) is 3.52. The van der Waals surface area contributed by atoms with E-state index in [-0.39, 0.29) is 0 Å². The van der Waals surface area contributed by atoms with Crippen LogP contribution >= 0.6 is 0 Å². The maximum absolute atomic E-state index is 4.46. The maximum Gasteiger partial charge on any atom is 0.203 e. The van der Waals surface area contributed by atoms with Crippen LogP contribution < -0.4 is 5.32 Å². The van der Waals surface area contributed by atoms with Crippen molar-refractivity contribution in [2.24, 2.45) is 0 Å². The van der Waals surface area contributed by atoms with Crippen LogP contribution in [0.1, 0.15) is 26.5 Å². The zero-order chi connectivity index (χ0) is 12.0. The highest BCUT2D eigenvalue weighted by atomic mass is 15.2. The van der Waals surface area contributed by atoms with Crippen LogP contribution in [0.15, 0.2) is 6.20 Å². The summed E-state index contributed by atoms with van der Waals surface area (Å²) in [7, 11) is 0. The standard InChI is InChI=1S/C12H24N4/c1-5-13-12-14-11(4)10-16(12)9-8-15(6-2)7-3/h10H,5-9H2,1-4H3,(H,13,14). The van der Waals surface area contributed by atoms with Crippen LogP contribution in [-0.2, 0) is 6.54 Å². The second kappa shape index (κ2) is 6.53. The number of rotatable bonds is 7. The van der Waals surface area contributed by atoms with Gasteiger partial charge in [-0.2, -0.15) is 0 Å². The molecule has 4 heteroatoms. The number of imidazole rings is 1. The molecule has 92 valence electrons. The van der Waals surface area contributed by atoms with E-state index in [0.717, 1.165) is 44.4 Å². The predicted octanol–water partition coefficient (Wildman–Crippen LogP) is 1.97. The Morgan fingerprint density at radius 1 is 1.31 bits per heavy atom. The number of nitrogens with zero attached hydrogens (tertiary/aromatic N) is 3. The van der Waals surface area contributed by atoms with E-state index >= 15 is 0 Å². The minimum Gasteiger partial charge on any atom is -0.356 e. The second-order valence-electron chi connectivity index (χ2n) is 3.96. The van der Waals surface area contributed by atoms with Crippen molar-refractivity contribution in [3.63, 3.8) is 0 Å². The number of hydrogen-bond acceptors (Lipinski definition) is 3. The fourth-order valence-electron chi connectivity index (χ4n) is 1.81. The molecule has 0 bridgehead atoms. The molecular weight excluding hydrogens is 200 g/mol. The molecule has 0 radical (unpaired) electrons. The molecule has 0 spiro atoms. The smallest absolute Gasteiger partial charge is 0.203 e. The summed E-state index contributed by atoms with van der Waals surface area (Å²) in [5, 5.41) is 3.29. The molecule has 0 aliphatic rings. The van der Waals surface area contributed by atoms with E-state index in [1.807, 2.05) is 6.92 Å². The number of aromatic nitrogens is 2. The summed E-state index contributed by atoms with van der Waals surface area (Å²) in [5.41, 5.74) is 1.08. The van der Waals surface area contributed by atoms with E-state index in [9.17, 15) is 0 Å². The number of hydrogen-bond donors (Lipinski definition) is 1. The molecule has 0 unspecified atom stereocenters. The van der Waals surface area contributed by atoms with E-state index in [4.69, 9.17) is 0 Å². The topological polar surface area (TPSA) is 33.1 Å². The van der Waals surface area contributed by atoms with Crippen molar-refractivity contribution < 1.29 is 0 Å². The van der Waals surface area contributed by atoms with Crippen LogP contribution in [0.25, 0.3) is 0 Å². The van der Waals surface area contributed by atoms with Crippen molar-refractivity contribution in [2.45, 2.75) is 34.2 Å². The van der Waals surface area contributed by atoms with Gasteiger partial charge in [0.1, 0.15) is 0 Å². The van der Waals surface area contributed by atoms with Crippen LogP contribution in [0.3, 0.4) is 0 Å². The van der Waals surface area contributed by atoms with Crippen LogP contribution in [0.5, 0.6) is 0 Å². The number of nitrogens with one attached hydrogen (secondary N) is 1. The Bertz CT molecular complexity index is 302. The van der Waals surface area contributed by atoms with Gasteiger partial charge in [0.15, 0.2) is 0 Å². The molecule has 1 N–H and O–H groups in total. The lowest BCUT2D eigenvalue weighted by atomic mass is 10.4. The third-order valence-electron chi connectivity index (χ3n) is 2.78. The van der Waals surface area contributed by atoms with E-state index in [1.54, 1.807) is 0 Å². The Morgan fingerprint density at radius 3 is 2.56 bits per heavy atom. The van der Waals surface area contributed by atoms with E-state index in [2.05, 4.69) is 46.7 Å². The molecule has 1 aromatic heterocycles. The summed E-state index contributed by atoms with van der Waals surface area (Å²) >= 11 is 0. The zero-order valence-electron chi connectivity index (χ0n) is 11.0. The lowest BCUT2D eigenvalue weighted by Crippen LogP contribution is -2.27. The largest absolute Gasteiger partial charge is 0.356 e. The second-order valence-corrected chi connectivity index (χ2v) is 3.96. The number of likely N-dealkylation sites (N-methyl/N-ethyl adjacent to an activating group) is 1. The molecule has 0 aromatic carbocycles. The van der Waals surface area contributed by atoms with E-state index < -0.39 is 0 Å². The molecule has 0 aliphatic heterocycles. The van der Waals surface area contributed by atoms with Gasteiger partial charge in [0.05, 0.1) is 5.69 Å². The first-order chi connectivity index (χ1) is 7.71. The van der Waals surface area contributed by atoms with Crippen molar-refractivity contribution >= 4 is 5.95 Å². The summed E-state index contributed by atoms with van der Waals surface area (Å²) in [6, 6.07) is 0. The van der Waals surface area contributed by atoms with Crippen molar-refractivity contribution in [1.82, 2.24) is 14.5 Å². The summed E-state index contributed by atoms with van der Waals surface area (Å²) in [6.07, 6.45) is 2.11. The van der Waals surface area contributed by atoms with Gasteiger partial charge >= 0.3 is 0 Å². The highest BCUT2D eigenvalue weighted by Crippen LogP contribution is 2.08. The Hall–Kier alpha value is -1.03. The summed E-state index contributed by atoms with van der Waals surface area (Å²) in [4.78, 5) is 6.88. The Morgan fingerprint density at radius 2 is 2.00 bits per heavy atom. The Labute approximate surface area is 98.7 Å². The van der Waals surface area contributed by atoms with Gasteiger partial charge in [-0.15, -0.1) is 0 Å². The molecule has 0 atom stereocenters. The number of anilines is 1. The van der Waals surface area contributed by atoms with Crippen molar-refractivity contribution in [1.29, 1.82) is 0 Å². The quantitative estimate of drug-likeness (QED) is 0.768. The van der Waals surface area contributed by atoms with E-state index in [0.29, 0.717) is 0 Å². The number of aryl methyl sites for hydroxylation is 1. The third-order valence-corrected chi connectivity index (χ3v) is 2.78. The van der Waals surface area contributed by atoms with Gasteiger partial charge in [0, 0.05) is 25.8 Å². The fraction of sp³-hybridized carbons (Fsp3) is 0.750. The van der Waals surface area contributed by atoms with Gasteiger partial charge in [0.2, 0.25) is 5.95 Å². The molecule has 0 aliphatic carbocycles. The van der Waals surface area contributed by atoms with Gasteiger partial charge in [-0.25, -0.2) is 4.98 Å². The molecule has 0 saturated heterocycles. The van der Waals surface area contributed by atoms with Crippen molar-refractivity contribution in [3.8, 4) is 0 Å². The highest BCUT2D eigenvalue weighted by molar-refractivity contribution is 5.28. The average molecular weight is 224 g/mol. The predicted molar refractivity (Wildman–Crippen MR) is 68.9 cm³/mol. The first-order valence-corrected chi connectivity index (χ1v) is 6.21. The van der Waals surface area contributed by atoms with Crippen LogP contribution in [-0.4, -0.2) is 40.6 Å². The average Bonchev–Trinajstić information content (AvgIpc) is 2.61. The molecule has 0 saturated carbocycles. The summed E-state index contributed by atoms with van der Waals surface area (Å²) < 4.78 is 2.21. The van der Waals surface area contributed by atoms with Gasteiger partial charge < -0.3 is 14.8 Å². The molecule has 16 heavy (non-hydrogen) atoms. The van der Waals surface area contributed by atoms with Crippen LogP contribution in [0, 0.1) is 6.92 Å². The van der Waals surface area contributed by atoms with Gasteiger partial charge in [-0.3, -0.25) is 0 Å². The molecule has 4 nitrogen and oxygen atoms in total. The van der Waals surface area contributed by atoms with Crippen molar-refractivity contribution in [3.05, 3.63) is 11.9 Å². The molecule has 1 aromatic rings. The van der Waals surface area contributed by atoms with Gasteiger partial charge in [-0.05, 0) is 26.9 Å². The Balaban J connectivity index is 2.58. The SMILES string of the molecule is CCNc1nc(C)cn1CCN(CC)CC. The molecule has 0 amide bonds.